The predicted octanol–water partition coefficient (Wildman–Crippen LogP) is 1.07. The predicted molar refractivity (Wildman–Crippen MR) is 67.3 cm³/mol. The molecule has 0 aromatic heterocycles. The van der Waals surface area contributed by atoms with Gasteiger partial charge in [0.1, 0.15) is 5.75 Å². The Hall–Kier alpha value is -1.85. The van der Waals surface area contributed by atoms with Crippen molar-refractivity contribution in [3.63, 3.8) is 0 Å². The molecule has 0 atom stereocenters. The summed E-state index contributed by atoms with van der Waals surface area (Å²) in [5.74, 6) is 0.387. The number of aliphatic hydroxyl groups excluding tert-OH is 2. The summed E-state index contributed by atoms with van der Waals surface area (Å²) >= 11 is 0. The first kappa shape index (κ1) is 14.2. The first-order chi connectivity index (χ1) is 8.65. The molecule has 0 aliphatic rings. The van der Waals surface area contributed by atoms with Crippen LogP contribution in [0.2, 0.25) is 0 Å². The molecule has 5 heteroatoms. The van der Waals surface area contributed by atoms with Crippen molar-refractivity contribution in [2.75, 3.05) is 13.2 Å². The van der Waals surface area contributed by atoms with Gasteiger partial charge in [-0.3, -0.25) is 0 Å². The molecule has 0 aliphatic heterocycles. The first-order valence-electron chi connectivity index (χ1n) is 5.53. The zero-order valence-corrected chi connectivity index (χ0v) is 10.0. The Morgan fingerprint density at radius 3 is 2.44 bits per heavy atom. The van der Waals surface area contributed by atoms with Crippen molar-refractivity contribution in [2.24, 2.45) is 0 Å². The smallest absolute Gasteiger partial charge is 0.410 e. The minimum absolute atomic E-state index is 0.240. The average molecular weight is 251 g/mol. The molecule has 0 saturated heterocycles. The molecule has 5 nitrogen and oxygen atoms in total. The number of hydrogen-bond acceptors (Lipinski definition) is 4. The zero-order chi connectivity index (χ0) is 13.4. The molecule has 1 aromatic rings. The van der Waals surface area contributed by atoms with E-state index in [1.165, 1.54) is 6.08 Å². The molecule has 0 radical (unpaired) electrons. The van der Waals surface area contributed by atoms with Crippen molar-refractivity contribution in [3.8, 4) is 5.75 Å². The minimum atomic E-state index is -1.15. The lowest BCUT2D eigenvalue weighted by molar-refractivity contribution is 0.0898. The van der Waals surface area contributed by atoms with Crippen LogP contribution in [0.1, 0.15) is 6.42 Å². The van der Waals surface area contributed by atoms with Gasteiger partial charge in [0.05, 0.1) is 18.8 Å². The van der Waals surface area contributed by atoms with E-state index in [-0.39, 0.29) is 6.42 Å². The molecule has 3 N–H and O–H groups in total. The third-order valence-corrected chi connectivity index (χ3v) is 2.46. The van der Waals surface area contributed by atoms with Crippen LogP contribution in [-0.4, -0.2) is 35.1 Å². The number of carbonyl (C=O) groups is 1. The number of amides is 1. The molecule has 0 saturated carbocycles. The lowest BCUT2D eigenvalue weighted by Crippen LogP contribution is -2.54. The normalized spacial score (nSPS) is 10.8. The molecule has 0 spiro atoms. The van der Waals surface area contributed by atoms with E-state index in [0.29, 0.717) is 5.75 Å². The van der Waals surface area contributed by atoms with Gasteiger partial charge < -0.3 is 20.3 Å². The molecule has 18 heavy (non-hydrogen) atoms. The number of benzene rings is 1. The van der Waals surface area contributed by atoms with E-state index in [4.69, 9.17) is 4.74 Å². The lowest BCUT2D eigenvalue weighted by atomic mass is 9.98. The molecule has 1 rings (SSSR count). The molecule has 0 fully saturated rings. The largest absolute Gasteiger partial charge is 0.413 e. The van der Waals surface area contributed by atoms with Crippen LogP contribution in [0.25, 0.3) is 0 Å². The molecule has 98 valence electrons. The molecule has 0 aliphatic carbocycles. The molecule has 0 bridgehead atoms. The van der Waals surface area contributed by atoms with Crippen LogP contribution >= 0.6 is 0 Å². The number of nitrogens with one attached hydrogen (secondary N) is 1. The molecular formula is C13H17NO4. The fourth-order valence-corrected chi connectivity index (χ4v) is 1.42. The summed E-state index contributed by atoms with van der Waals surface area (Å²) in [6, 6.07) is 8.53. The van der Waals surface area contributed by atoms with Crippen molar-refractivity contribution in [3.05, 3.63) is 43.0 Å². The Kier molecular flexibility index (Phi) is 5.35. The van der Waals surface area contributed by atoms with Crippen molar-refractivity contribution in [2.45, 2.75) is 12.0 Å². The standard InChI is InChI=1S/C13H17NO4/c1-2-8-13(9-15,10-16)14-12(17)18-11-6-4-3-5-7-11/h2-7,15-16H,1,8-10H2,(H,14,17). The second-order valence-corrected chi connectivity index (χ2v) is 3.92. The number of rotatable bonds is 6. The van der Waals surface area contributed by atoms with Gasteiger partial charge in [-0.25, -0.2) is 4.79 Å². The topological polar surface area (TPSA) is 78.8 Å². The summed E-state index contributed by atoms with van der Waals surface area (Å²) in [4.78, 5) is 11.6. The second kappa shape index (κ2) is 6.78. The highest BCUT2D eigenvalue weighted by Crippen LogP contribution is 2.12. The van der Waals surface area contributed by atoms with Gasteiger partial charge in [-0.05, 0) is 18.6 Å². The van der Waals surface area contributed by atoms with Crippen LogP contribution in [0.3, 0.4) is 0 Å². The third-order valence-electron chi connectivity index (χ3n) is 2.46. The van der Waals surface area contributed by atoms with Gasteiger partial charge in [-0.1, -0.05) is 24.3 Å². The summed E-state index contributed by atoms with van der Waals surface area (Å²) < 4.78 is 5.01. The van der Waals surface area contributed by atoms with E-state index in [0.717, 1.165) is 0 Å². The summed E-state index contributed by atoms with van der Waals surface area (Å²) in [7, 11) is 0. The fourth-order valence-electron chi connectivity index (χ4n) is 1.42. The Bertz CT molecular complexity index is 387. The summed E-state index contributed by atoms with van der Waals surface area (Å²) in [6.45, 7) is 2.71. The van der Waals surface area contributed by atoms with E-state index < -0.39 is 24.8 Å². The maximum absolute atomic E-state index is 11.6. The SMILES string of the molecule is C=CCC(CO)(CO)NC(=O)Oc1ccccc1. The highest BCUT2D eigenvalue weighted by atomic mass is 16.6. The Labute approximate surface area is 106 Å². The van der Waals surface area contributed by atoms with Crippen molar-refractivity contribution in [1.29, 1.82) is 0 Å². The van der Waals surface area contributed by atoms with Gasteiger partial charge in [0.2, 0.25) is 0 Å². The van der Waals surface area contributed by atoms with E-state index in [1.54, 1.807) is 30.3 Å². The van der Waals surface area contributed by atoms with Gasteiger partial charge >= 0.3 is 6.09 Å². The zero-order valence-electron chi connectivity index (χ0n) is 10.0. The number of para-hydroxylation sites is 1. The molecule has 0 heterocycles. The highest BCUT2D eigenvalue weighted by molar-refractivity contribution is 5.71. The van der Waals surface area contributed by atoms with E-state index >= 15 is 0 Å². The molecular weight excluding hydrogens is 234 g/mol. The maximum atomic E-state index is 11.6. The van der Waals surface area contributed by atoms with E-state index in [9.17, 15) is 15.0 Å². The van der Waals surface area contributed by atoms with Crippen LogP contribution in [-0.2, 0) is 0 Å². The Morgan fingerprint density at radius 2 is 1.94 bits per heavy atom. The van der Waals surface area contributed by atoms with Gasteiger partial charge in [-0.2, -0.15) is 0 Å². The van der Waals surface area contributed by atoms with E-state index in [1.807, 2.05) is 0 Å². The molecule has 1 aromatic carbocycles. The quantitative estimate of drug-likeness (QED) is 0.661. The first-order valence-corrected chi connectivity index (χ1v) is 5.53. The summed E-state index contributed by atoms with van der Waals surface area (Å²) in [6.07, 6.45) is 1.02. The average Bonchev–Trinajstić information content (AvgIpc) is 2.39. The monoisotopic (exact) mass is 251 g/mol. The number of ether oxygens (including phenoxy) is 1. The van der Waals surface area contributed by atoms with Crippen molar-refractivity contribution >= 4 is 6.09 Å². The third kappa shape index (κ3) is 3.87. The Morgan fingerprint density at radius 1 is 1.33 bits per heavy atom. The second-order valence-electron chi connectivity index (χ2n) is 3.92. The highest BCUT2D eigenvalue weighted by Gasteiger charge is 2.30. The van der Waals surface area contributed by atoms with Gasteiger partial charge in [0.15, 0.2) is 0 Å². The van der Waals surface area contributed by atoms with Crippen molar-refractivity contribution in [1.82, 2.24) is 5.32 Å². The lowest BCUT2D eigenvalue weighted by Gasteiger charge is -2.29. The van der Waals surface area contributed by atoms with Crippen LogP contribution in [0.15, 0.2) is 43.0 Å². The minimum Gasteiger partial charge on any atom is -0.410 e. The van der Waals surface area contributed by atoms with Gasteiger partial charge in [-0.15, -0.1) is 6.58 Å². The number of aliphatic hydroxyl groups is 2. The fraction of sp³-hybridized carbons (Fsp3) is 0.308. The van der Waals surface area contributed by atoms with E-state index in [2.05, 4.69) is 11.9 Å². The van der Waals surface area contributed by atoms with Crippen LogP contribution < -0.4 is 10.1 Å². The van der Waals surface area contributed by atoms with Gasteiger partial charge in [0, 0.05) is 0 Å². The summed E-state index contributed by atoms with van der Waals surface area (Å²) in [5.41, 5.74) is -1.15. The molecule has 0 unspecified atom stereocenters. The van der Waals surface area contributed by atoms with Crippen LogP contribution in [0.5, 0.6) is 5.75 Å². The number of carbonyl (C=O) groups excluding carboxylic acids is 1. The van der Waals surface area contributed by atoms with Crippen LogP contribution in [0, 0.1) is 0 Å². The summed E-state index contributed by atoms with van der Waals surface area (Å²) in [5, 5.41) is 20.9. The number of hydrogen-bond donors (Lipinski definition) is 3. The van der Waals surface area contributed by atoms with Crippen LogP contribution in [0.4, 0.5) is 4.79 Å². The Balaban J connectivity index is 2.64. The van der Waals surface area contributed by atoms with Crippen molar-refractivity contribution < 1.29 is 19.7 Å². The molecule has 1 amide bonds. The van der Waals surface area contributed by atoms with Gasteiger partial charge in [0.25, 0.3) is 0 Å². The maximum Gasteiger partial charge on any atom is 0.413 e.